The number of hydrogen-bond acceptors (Lipinski definition) is 5. The van der Waals surface area contributed by atoms with Gasteiger partial charge in [-0.2, -0.15) is 5.10 Å². The zero-order valence-electron chi connectivity index (χ0n) is 15.2. The Bertz CT molecular complexity index is 761. The van der Waals surface area contributed by atoms with Crippen molar-refractivity contribution in [3.63, 3.8) is 0 Å². The van der Waals surface area contributed by atoms with Gasteiger partial charge in [0.25, 0.3) is 5.91 Å². The van der Waals surface area contributed by atoms with E-state index in [0.29, 0.717) is 25.5 Å². The Kier molecular flexibility index (Phi) is 5.08. The van der Waals surface area contributed by atoms with Crippen LogP contribution in [0.1, 0.15) is 52.1 Å². The van der Waals surface area contributed by atoms with Gasteiger partial charge < -0.3 is 14.5 Å². The minimum absolute atomic E-state index is 0.00585. The van der Waals surface area contributed by atoms with Crippen LogP contribution in [-0.2, 0) is 17.6 Å². The van der Waals surface area contributed by atoms with Gasteiger partial charge in [-0.3, -0.25) is 14.8 Å². The largest absolute Gasteiger partial charge is 0.465 e. The summed E-state index contributed by atoms with van der Waals surface area (Å²) in [5, 5.41) is 10.4. The molecule has 0 aromatic carbocycles. The zero-order valence-corrected chi connectivity index (χ0v) is 15.2. The molecule has 0 radical (unpaired) electrons. The van der Waals surface area contributed by atoms with E-state index in [4.69, 9.17) is 9.15 Å². The third-order valence-electron chi connectivity index (χ3n) is 5.30. The van der Waals surface area contributed by atoms with Gasteiger partial charge in [0.15, 0.2) is 5.69 Å². The summed E-state index contributed by atoms with van der Waals surface area (Å²) >= 11 is 0. The number of nitrogens with one attached hydrogen (secondary N) is 2. The molecular weight excluding hydrogens is 332 g/mol. The van der Waals surface area contributed by atoms with E-state index in [1.165, 1.54) is 0 Å². The van der Waals surface area contributed by atoms with Crippen molar-refractivity contribution in [2.75, 3.05) is 32.8 Å². The molecule has 2 aromatic heterocycles. The van der Waals surface area contributed by atoms with Gasteiger partial charge in [0.1, 0.15) is 11.5 Å². The van der Waals surface area contributed by atoms with Gasteiger partial charge in [0.2, 0.25) is 0 Å². The number of nitrogens with zero attached hydrogens (tertiary/aromatic N) is 2. The lowest BCUT2D eigenvalue weighted by Crippen LogP contribution is -2.43. The first kappa shape index (κ1) is 17.3. The number of fused-ring (bicyclic) bond motifs is 1. The number of carbonyl (C=O) groups is 1. The Hall–Kier alpha value is -2.12. The van der Waals surface area contributed by atoms with Crippen LogP contribution in [0.4, 0.5) is 0 Å². The van der Waals surface area contributed by atoms with Gasteiger partial charge in [-0.25, -0.2) is 0 Å². The first-order valence-electron chi connectivity index (χ1n) is 9.45. The Balaban J connectivity index is 1.47. The van der Waals surface area contributed by atoms with Crippen molar-refractivity contribution in [3.05, 3.63) is 40.6 Å². The molecule has 1 unspecified atom stereocenters. The summed E-state index contributed by atoms with van der Waals surface area (Å²) < 4.78 is 11.3. The molecule has 0 bridgehead atoms. The SMILES string of the molecule is Cc1ccc(C(CNC(=O)c2n[nH]c3c2CCCC3)N2CCOCC2)o1. The summed E-state index contributed by atoms with van der Waals surface area (Å²) in [6, 6.07) is 3.97. The van der Waals surface area contributed by atoms with E-state index < -0.39 is 0 Å². The molecular formula is C19H26N4O3. The van der Waals surface area contributed by atoms with E-state index in [2.05, 4.69) is 20.4 Å². The normalized spacial score (nSPS) is 19.1. The Morgan fingerprint density at radius 1 is 1.31 bits per heavy atom. The van der Waals surface area contributed by atoms with Crippen LogP contribution in [0, 0.1) is 6.92 Å². The maximum atomic E-state index is 12.7. The second kappa shape index (κ2) is 7.63. The summed E-state index contributed by atoms with van der Waals surface area (Å²) in [4.78, 5) is 15.0. The molecule has 2 aromatic rings. The molecule has 1 atom stereocenters. The summed E-state index contributed by atoms with van der Waals surface area (Å²) in [6.07, 6.45) is 4.19. The fourth-order valence-corrected chi connectivity index (χ4v) is 3.87. The highest BCUT2D eigenvalue weighted by Crippen LogP contribution is 2.25. The maximum Gasteiger partial charge on any atom is 0.272 e. The molecule has 140 valence electrons. The molecule has 4 rings (SSSR count). The van der Waals surface area contributed by atoms with Crippen LogP contribution in [0.15, 0.2) is 16.5 Å². The van der Waals surface area contributed by atoms with E-state index in [1.807, 2.05) is 19.1 Å². The quantitative estimate of drug-likeness (QED) is 0.854. The maximum absolute atomic E-state index is 12.7. The number of rotatable bonds is 5. The minimum Gasteiger partial charge on any atom is -0.465 e. The predicted octanol–water partition coefficient (Wildman–Crippen LogP) is 1.99. The molecule has 0 saturated carbocycles. The van der Waals surface area contributed by atoms with E-state index in [-0.39, 0.29) is 11.9 Å². The van der Waals surface area contributed by atoms with Gasteiger partial charge in [0.05, 0.1) is 19.3 Å². The Labute approximate surface area is 153 Å². The summed E-state index contributed by atoms with van der Waals surface area (Å²) in [6.45, 7) is 5.51. The second-order valence-electron chi connectivity index (χ2n) is 7.06. The van der Waals surface area contributed by atoms with Crippen molar-refractivity contribution in [3.8, 4) is 0 Å². The first-order valence-corrected chi connectivity index (χ1v) is 9.45. The molecule has 1 aliphatic carbocycles. The highest BCUT2D eigenvalue weighted by atomic mass is 16.5. The summed E-state index contributed by atoms with van der Waals surface area (Å²) in [5.41, 5.74) is 2.76. The van der Waals surface area contributed by atoms with Crippen molar-refractivity contribution in [2.45, 2.75) is 38.6 Å². The van der Waals surface area contributed by atoms with E-state index in [9.17, 15) is 4.79 Å². The number of hydrogen-bond donors (Lipinski definition) is 2. The predicted molar refractivity (Wildman–Crippen MR) is 96.1 cm³/mol. The van der Waals surface area contributed by atoms with Crippen LogP contribution in [0.25, 0.3) is 0 Å². The fourth-order valence-electron chi connectivity index (χ4n) is 3.87. The van der Waals surface area contributed by atoms with Crippen LogP contribution in [-0.4, -0.2) is 53.9 Å². The van der Waals surface area contributed by atoms with Gasteiger partial charge in [-0.1, -0.05) is 0 Å². The Morgan fingerprint density at radius 2 is 2.12 bits per heavy atom. The van der Waals surface area contributed by atoms with Crippen LogP contribution >= 0.6 is 0 Å². The van der Waals surface area contributed by atoms with Gasteiger partial charge in [-0.05, 0) is 44.7 Å². The van der Waals surface area contributed by atoms with Crippen LogP contribution in [0.3, 0.4) is 0 Å². The molecule has 1 aliphatic heterocycles. The van der Waals surface area contributed by atoms with Gasteiger partial charge in [0, 0.05) is 30.9 Å². The lowest BCUT2D eigenvalue weighted by molar-refractivity contribution is 0.0116. The number of ether oxygens (including phenoxy) is 1. The Morgan fingerprint density at radius 3 is 2.88 bits per heavy atom. The van der Waals surface area contributed by atoms with Crippen molar-refractivity contribution < 1.29 is 13.9 Å². The highest BCUT2D eigenvalue weighted by Gasteiger charge is 2.27. The first-order chi connectivity index (χ1) is 12.7. The molecule has 0 spiro atoms. The molecule has 2 aliphatic rings. The van der Waals surface area contributed by atoms with Crippen molar-refractivity contribution in [2.24, 2.45) is 0 Å². The zero-order chi connectivity index (χ0) is 17.9. The van der Waals surface area contributed by atoms with Crippen LogP contribution < -0.4 is 5.32 Å². The lowest BCUT2D eigenvalue weighted by atomic mass is 9.96. The number of amides is 1. The number of aromatic nitrogens is 2. The van der Waals surface area contributed by atoms with Crippen molar-refractivity contribution in [1.82, 2.24) is 20.4 Å². The van der Waals surface area contributed by atoms with E-state index in [1.54, 1.807) is 0 Å². The van der Waals surface area contributed by atoms with E-state index >= 15 is 0 Å². The summed E-state index contributed by atoms with van der Waals surface area (Å²) in [7, 11) is 0. The monoisotopic (exact) mass is 358 g/mol. The molecule has 7 heteroatoms. The van der Waals surface area contributed by atoms with E-state index in [0.717, 1.165) is 61.6 Å². The standard InChI is InChI=1S/C19H26N4O3/c1-13-6-7-17(26-13)16(23-8-10-25-11-9-23)12-20-19(24)18-14-4-2-3-5-15(14)21-22-18/h6-7,16H,2-5,8-12H2,1H3,(H,20,24)(H,21,22). The van der Waals surface area contributed by atoms with Crippen LogP contribution in [0.2, 0.25) is 0 Å². The molecule has 2 N–H and O–H groups in total. The topological polar surface area (TPSA) is 83.4 Å². The van der Waals surface area contributed by atoms with Gasteiger partial charge in [-0.15, -0.1) is 0 Å². The number of morpholine rings is 1. The molecule has 3 heterocycles. The second-order valence-corrected chi connectivity index (χ2v) is 7.06. The van der Waals surface area contributed by atoms with Crippen molar-refractivity contribution in [1.29, 1.82) is 0 Å². The summed E-state index contributed by atoms with van der Waals surface area (Å²) in [5.74, 6) is 1.66. The van der Waals surface area contributed by atoms with Crippen LogP contribution in [0.5, 0.6) is 0 Å². The lowest BCUT2D eigenvalue weighted by Gasteiger charge is -2.33. The number of aryl methyl sites for hydroxylation is 2. The van der Waals surface area contributed by atoms with Crippen molar-refractivity contribution >= 4 is 5.91 Å². The third-order valence-corrected chi connectivity index (χ3v) is 5.30. The number of H-pyrrole nitrogens is 1. The number of aromatic amines is 1. The minimum atomic E-state index is -0.106. The molecule has 1 fully saturated rings. The smallest absolute Gasteiger partial charge is 0.272 e. The molecule has 1 saturated heterocycles. The third kappa shape index (κ3) is 3.54. The fraction of sp³-hybridized carbons (Fsp3) is 0.579. The molecule has 1 amide bonds. The molecule has 26 heavy (non-hydrogen) atoms. The molecule has 7 nitrogen and oxygen atoms in total. The average Bonchev–Trinajstić information content (AvgIpc) is 3.29. The number of furan rings is 1. The number of carbonyl (C=O) groups excluding carboxylic acids is 1. The van der Waals surface area contributed by atoms with Gasteiger partial charge >= 0.3 is 0 Å². The average molecular weight is 358 g/mol. The highest BCUT2D eigenvalue weighted by molar-refractivity contribution is 5.94.